The maximum atomic E-state index is 13.2. The molecule has 0 amide bonds. The van der Waals surface area contributed by atoms with Gasteiger partial charge in [-0.05, 0) is 24.5 Å². The van der Waals surface area contributed by atoms with Gasteiger partial charge in [-0.2, -0.15) is 0 Å². The zero-order chi connectivity index (χ0) is 8.60. The van der Waals surface area contributed by atoms with E-state index in [1.807, 2.05) is 0 Å². The molecule has 2 rings (SSSR count). The topological polar surface area (TPSA) is 0 Å². The first-order chi connectivity index (χ1) is 5.70. The molecule has 1 aromatic rings. The van der Waals surface area contributed by atoms with Gasteiger partial charge in [0.2, 0.25) is 0 Å². The molecule has 0 radical (unpaired) electrons. The predicted molar refractivity (Wildman–Crippen MR) is 43.2 cm³/mol. The molecule has 12 heavy (non-hydrogen) atoms. The van der Waals surface area contributed by atoms with Gasteiger partial charge in [0.05, 0.1) is 0 Å². The van der Waals surface area contributed by atoms with Crippen molar-refractivity contribution in [3.63, 3.8) is 0 Å². The first kappa shape index (κ1) is 7.71. The Labute approximate surface area is 70.2 Å². The van der Waals surface area contributed by atoms with Crippen LogP contribution < -0.4 is 0 Å². The molecule has 0 nitrogen and oxygen atoms in total. The van der Waals surface area contributed by atoms with Crippen molar-refractivity contribution in [3.8, 4) is 0 Å². The fourth-order valence-corrected chi connectivity index (χ4v) is 1.30. The van der Waals surface area contributed by atoms with Crippen LogP contribution in [0.1, 0.15) is 18.4 Å². The fraction of sp³-hybridized carbons (Fsp3) is 0.400. The molecule has 1 aliphatic carbocycles. The molecule has 0 N–H and O–H groups in total. The summed E-state index contributed by atoms with van der Waals surface area (Å²) in [6.45, 7) is 0. The van der Waals surface area contributed by atoms with E-state index in [1.165, 1.54) is 6.07 Å². The number of benzene rings is 1. The van der Waals surface area contributed by atoms with E-state index in [-0.39, 0.29) is 12.2 Å². The minimum atomic E-state index is -1.10. The molecule has 0 unspecified atom stereocenters. The Kier molecular flexibility index (Phi) is 1.63. The van der Waals surface area contributed by atoms with Crippen LogP contribution in [0.25, 0.3) is 0 Å². The Hall–Kier alpha value is -0.920. The lowest BCUT2D eigenvalue weighted by molar-refractivity contribution is 0.304. The van der Waals surface area contributed by atoms with Crippen LogP contribution in [0.15, 0.2) is 24.3 Å². The second-order valence-corrected chi connectivity index (χ2v) is 3.42. The van der Waals surface area contributed by atoms with Crippen molar-refractivity contribution in [3.05, 3.63) is 35.6 Å². The zero-order valence-corrected chi connectivity index (χ0v) is 6.69. The number of hydrogen-bond acceptors (Lipinski definition) is 0. The van der Waals surface area contributed by atoms with E-state index in [2.05, 4.69) is 0 Å². The Morgan fingerprint density at radius 1 is 1.25 bits per heavy atom. The van der Waals surface area contributed by atoms with Gasteiger partial charge in [-0.15, -0.1) is 0 Å². The van der Waals surface area contributed by atoms with Gasteiger partial charge in [-0.1, -0.05) is 18.2 Å². The SMILES string of the molecule is Fc1ccccc1CC1(F)CC1. The molecule has 64 valence electrons. The maximum Gasteiger partial charge on any atom is 0.126 e. The molecule has 0 bridgehead atoms. The third kappa shape index (κ3) is 1.47. The highest BCUT2D eigenvalue weighted by atomic mass is 19.1. The third-order valence-corrected chi connectivity index (χ3v) is 2.26. The van der Waals surface area contributed by atoms with Crippen LogP contribution in [0, 0.1) is 5.82 Å². The van der Waals surface area contributed by atoms with Crippen LogP contribution in [0.3, 0.4) is 0 Å². The molecule has 1 aliphatic rings. The third-order valence-electron chi connectivity index (χ3n) is 2.26. The van der Waals surface area contributed by atoms with Gasteiger partial charge in [-0.25, -0.2) is 8.78 Å². The molecule has 0 saturated heterocycles. The van der Waals surface area contributed by atoms with Crippen molar-refractivity contribution < 1.29 is 8.78 Å². The van der Waals surface area contributed by atoms with E-state index in [1.54, 1.807) is 18.2 Å². The summed E-state index contributed by atoms with van der Waals surface area (Å²) in [6, 6.07) is 6.39. The average molecular weight is 168 g/mol. The normalized spacial score (nSPS) is 19.2. The zero-order valence-electron chi connectivity index (χ0n) is 6.69. The second-order valence-electron chi connectivity index (χ2n) is 3.42. The van der Waals surface area contributed by atoms with Gasteiger partial charge in [0, 0.05) is 6.42 Å². The highest BCUT2D eigenvalue weighted by Gasteiger charge is 2.43. The Bertz CT molecular complexity index is 290. The van der Waals surface area contributed by atoms with Gasteiger partial charge in [0.1, 0.15) is 11.5 Å². The van der Waals surface area contributed by atoms with E-state index >= 15 is 0 Å². The van der Waals surface area contributed by atoms with Gasteiger partial charge < -0.3 is 0 Å². The van der Waals surface area contributed by atoms with Gasteiger partial charge in [0.15, 0.2) is 0 Å². The highest BCUT2D eigenvalue weighted by molar-refractivity contribution is 5.21. The van der Waals surface area contributed by atoms with Gasteiger partial charge in [-0.3, -0.25) is 0 Å². The Morgan fingerprint density at radius 2 is 1.92 bits per heavy atom. The number of hydrogen-bond donors (Lipinski definition) is 0. The van der Waals surface area contributed by atoms with Crippen molar-refractivity contribution in [2.24, 2.45) is 0 Å². The predicted octanol–water partition coefficient (Wildman–Crippen LogP) is 2.87. The van der Waals surface area contributed by atoms with Crippen molar-refractivity contribution in [2.45, 2.75) is 24.9 Å². The average Bonchev–Trinajstić information content (AvgIpc) is 2.74. The van der Waals surface area contributed by atoms with E-state index in [0.29, 0.717) is 18.4 Å². The minimum absolute atomic E-state index is 0.236. The first-order valence-corrected chi connectivity index (χ1v) is 4.12. The van der Waals surface area contributed by atoms with Crippen molar-refractivity contribution in [1.29, 1.82) is 0 Å². The smallest absolute Gasteiger partial charge is 0.126 e. The molecule has 2 heteroatoms. The maximum absolute atomic E-state index is 13.2. The molecule has 1 fully saturated rings. The molecular formula is C10H10F2. The molecule has 0 aliphatic heterocycles. The van der Waals surface area contributed by atoms with Crippen LogP contribution in [0.5, 0.6) is 0 Å². The van der Waals surface area contributed by atoms with Crippen LogP contribution in [0.4, 0.5) is 8.78 Å². The summed E-state index contributed by atoms with van der Waals surface area (Å²) < 4.78 is 26.2. The van der Waals surface area contributed by atoms with Crippen LogP contribution in [-0.2, 0) is 6.42 Å². The molecular weight excluding hydrogens is 158 g/mol. The lowest BCUT2D eigenvalue weighted by Crippen LogP contribution is -2.05. The van der Waals surface area contributed by atoms with Crippen molar-refractivity contribution in [2.75, 3.05) is 0 Å². The number of halogens is 2. The molecule has 0 aromatic heterocycles. The van der Waals surface area contributed by atoms with E-state index < -0.39 is 5.67 Å². The molecule has 0 heterocycles. The lowest BCUT2D eigenvalue weighted by Gasteiger charge is -2.04. The van der Waals surface area contributed by atoms with Crippen LogP contribution in [0.2, 0.25) is 0 Å². The van der Waals surface area contributed by atoms with Crippen LogP contribution in [-0.4, -0.2) is 5.67 Å². The Morgan fingerprint density at radius 3 is 2.50 bits per heavy atom. The molecule has 0 atom stereocenters. The standard InChI is InChI=1S/C10H10F2/c11-9-4-2-1-3-8(9)7-10(12)5-6-10/h1-4H,5-7H2. The van der Waals surface area contributed by atoms with Gasteiger partial charge >= 0.3 is 0 Å². The van der Waals surface area contributed by atoms with E-state index in [0.717, 1.165) is 0 Å². The summed E-state index contributed by atoms with van der Waals surface area (Å²) in [7, 11) is 0. The van der Waals surface area contributed by atoms with Gasteiger partial charge in [0.25, 0.3) is 0 Å². The summed E-state index contributed by atoms with van der Waals surface area (Å²) in [4.78, 5) is 0. The van der Waals surface area contributed by atoms with Crippen LogP contribution >= 0.6 is 0 Å². The quantitative estimate of drug-likeness (QED) is 0.637. The summed E-state index contributed by atoms with van der Waals surface area (Å²) in [5.74, 6) is -0.290. The molecule has 0 spiro atoms. The molecule has 1 aromatic carbocycles. The summed E-state index contributed by atoms with van der Waals surface area (Å²) in [5, 5.41) is 0. The van der Waals surface area contributed by atoms with Crippen molar-refractivity contribution in [1.82, 2.24) is 0 Å². The number of alkyl halides is 1. The molecule has 1 saturated carbocycles. The Balaban J connectivity index is 2.17. The monoisotopic (exact) mass is 168 g/mol. The largest absolute Gasteiger partial charge is 0.244 e. The second kappa shape index (κ2) is 2.54. The van der Waals surface area contributed by atoms with E-state index in [4.69, 9.17) is 0 Å². The summed E-state index contributed by atoms with van der Waals surface area (Å²) in [5.41, 5.74) is -0.597. The highest BCUT2D eigenvalue weighted by Crippen LogP contribution is 2.42. The first-order valence-electron chi connectivity index (χ1n) is 4.12. The van der Waals surface area contributed by atoms with Crippen molar-refractivity contribution >= 4 is 0 Å². The lowest BCUT2D eigenvalue weighted by atomic mass is 10.1. The fourth-order valence-electron chi connectivity index (χ4n) is 1.30. The summed E-state index contributed by atoms with van der Waals surface area (Å²) >= 11 is 0. The summed E-state index contributed by atoms with van der Waals surface area (Å²) in [6.07, 6.45) is 1.41. The number of rotatable bonds is 2. The minimum Gasteiger partial charge on any atom is -0.244 e. The van der Waals surface area contributed by atoms with E-state index in [9.17, 15) is 8.78 Å².